The molecule has 3 aromatic rings. The zero-order chi connectivity index (χ0) is 18.9. The first kappa shape index (κ1) is 17.8. The van der Waals surface area contributed by atoms with Gasteiger partial charge in [-0.2, -0.15) is 0 Å². The summed E-state index contributed by atoms with van der Waals surface area (Å²) in [4.78, 5) is 8.38. The van der Waals surface area contributed by atoms with Crippen molar-refractivity contribution in [2.45, 2.75) is 44.2 Å². The van der Waals surface area contributed by atoms with E-state index in [-0.39, 0.29) is 12.0 Å². The summed E-state index contributed by atoms with van der Waals surface area (Å²) in [6.45, 7) is 2.64. The lowest BCUT2D eigenvalue weighted by Crippen LogP contribution is -2.26. The number of anilines is 1. The number of ether oxygens (including phenoxy) is 1. The molecule has 0 spiro atoms. The number of methoxy groups -OCH3 is 1. The van der Waals surface area contributed by atoms with Crippen LogP contribution in [0.25, 0.3) is 0 Å². The molecule has 1 fully saturated rings. The molecular formula is C21H25N5OS. The zero-order valence-electron chi connectivity index (χ0n) is 16.1. The maximum Gasteiger partial charge on any atom is 0.227 e. The molecule has 0 saturated carbocycles. The molecule has 0 aromatic carbocycles. The number of hydrogen-bond donors (Lipinski definition) is 0. The molecule has 5 rings (SSSR count). The highest BCUT2D eigenvalue weighted by molar-refractivity contribution is 7.09. The molecule has 3 aromatic heterocycles. The van der Waals surface area contributed by atoms with Crippen LogP contribution in [0.5, 0.6) is 0 Å². The van der Waals surface area contributed by atoms with Crippen LogP contribution in [0.1, 0.15) is 47.1 Å². The summed E-state index contributed by atoms with van der Waals surface area (Å²) >= 11 is 1.78. The normalized spacial score (nSPS) is 21.8. The number of aromatic nitrogens is 4. The maximum absolute atomic E-state index is 5.57. The Morgan fingerprint density at radius 3 is 3.00 bits per heavy atom. The number of nitrogens with zero attached hydrogens (tertiary/aromatic N) is 5. The number of hydrogen-bond acceptors (Lipinski definition) is 6. The molecule has 0 radical (unpaired) electrons. The van der Waals surface area contributed by atoms with Gasteiger partial charge in [0.05, 0.1) is 24.3 Å². The first-order chi connectivity index (χ1) is 13.8. The molecule has 1 unspecified atom stereocenters. The first-order valence-corrected chi connectivity index (χ1v) is 10.9. The van der Waals surface area contributed by atoms with E-state index in [0.29, 0.717) is 0 Å². The van der Waals surface area contributed by atoms with E-state index in [2.05, 4.69) is 38.1 Å². The van der Waals surface area contributed by atoms with Crippen molar-refractivity contribution in [2.75, 3.05) is 25.1 Å². The van der Waals surface area contributed by atoms with E-state index in [1.807, 2.05) is 12.3 Å². The Morgan fingerprint density at radius 2 is 2.18 bits per heavy atom. The van der Waals surface area contributed by atoms with Gasteiger partial charge >= 0.3 is 0 Å². The Morgan fingerprint density at radius 1 is 1.21 bits per heavy atom. The van der Waals surface area contributed by atoms with Crippen molar-refractivity contribution >= 4 is 17.3 Å². The van der Waals surface area contributed by atoms with E-state index in [4.69, 9.17) is 14.8 Å². The van der Waals surface area contributed by atoms with Crippen molar-refractivity contribution in [3.8, 4) is 0 Å². The van der Waals surface area contributed by atoms with E-state index in [1.165, 1.54) is 22.6 Å². The Bertz CT molecular complexity index is 938. The van der Waals surface area contributed by atoms with Crippen molar-refractivity contribution in [1.29, 1.82) is 0 Å². The van der Waals surface area contributed by atoms with Gasteiger partial charge in [0.15, 0.2) is 0 Å². The van der Waals surface area contributed by atoms with Gasteiger partial charge in [-0.25, -0.2) is 0 Å². The molecule has 28 heavy (non-hydrogen) atoms. The fourth-order valence-corrected chi connectivity index (χ4v) is 5.16. The molecule has 1 aliphatic carbocycles. The number of rotatable bonds is 5. The van der Waals surface area contributed by atoms with Gasteiger partial charge in [-0.1, -0.05) is 12.1 Å². The quantitative estimate of drug-likeness (QED) is 0.662. The van der Waals surface area contributed by atoms with Crippen LogP contribution in [-0.4, -0.2) is 46.1 Å². The standard InChI is InChI=1S/C21H25N5OS/c1-27-16-9-11-25(13-16)21-24-23-20(26(21)14-17-7-4-12-28-17)18-8-2-5-15-6-3-10-22-19(15)18/h3-4,6-7,10,12,16,18H,2,5,8-9,11,13-14H2,1H3/t16-,18?/m0/s1. The lowest BCUT2D eigenvalue weighted by Gasteiger charge is -2.25. The van der Waals surface area contributed by atoms with Gasteiger partial charge in [0.1, 0.15) is 5.82 Å². The number of fused-ring (bicyclic) bond motifs is 1. The lowest BCUT2D eigenvalue weighted by molar-refractivity contribution is 0.121. The molecule has 4 heterocycles. The maximum atomic E-state index is 5.57. The number of aryl methyl sites for hydroxylation is 1. The fourth-order valence-electron chi connectivity index (χ4n) is 4.47. The Labute approximate surface area is 169 Å². The summed E-state index contributed by atoms with van der Waals surface area (Å²) in [5, 5.41) is 11.5. The molecule has 7 heteroatoms. The monoisotopic (exact) mass is 395 g/mol. The average molecular weight is 396 g/mol. The van der Waals surface area contributed by atoms with E-state index in [1.54, 1.807) is 18.4 Å². The first-order valence-electron chi connectivity index (χ1n) is 10.0. The molecule has 2 aliphatic rings. The Hall–Kier alpha value is -2.25. The number of thiophene rings is 1. The minimum atomic E-state index is 0.215. The smallest absolute Gasteiger partial charge is 0.227 e. The van der Waals surface area contributed by atoms with Crippen LogP contribution in [0.2, 0.25) is 0 Å². The van der Waals surface area contributed by atoms with Crippen molar-refractivity contribution in [3.63, 3.8) is 0 Å². The van der Waals surface area contributed by atoms with Crippen LogP contribution >= 0.6 is 11.3 Å². The highest BCUT2D eigenvalue weighted by Gasteiger charge is 2.32. The van der Waals surface area contributed by atoms with Crippen LogP contribution in [0.4, 0.5) is 5.95 Å². The van der Waals surface area contributed by atoms with Crippen LogP contribution in [0.3, 0.4) is 0 Å². The summed E-state index contributed by atoms with van der Waals surface area (Å²) < 4.78 is 7.89. The second-order valence-electron chi connectivity index (χ2n) is 7.61. The van der Waals surface area contributed by atoms with Gasteiger partial charge in [-0.05, 0) is 48.8 Å². The van der Waals surface area contributed by atoms with Crippen molar-refractivity contribution in [2.24, 2.45) is 0 Å². The summed E-state index contributed by atoms with van der Waals surface area (Å²) in [7, 11) is 1.79. The molecule has 1 saturated heterocycles. The molecule has 146 valence electrons. The van der Waals surface area contributed by atoms with E-state index >= 15 is 0 Å². The Balaban J connectivity index is 1.55. The van der Waals surface area contributed by atoms with Gasteiger partial charge < -0.3 is 9.64 Å². The lowest BCUT2D eigenvalue weighted by atomic mass is 9.86. The minimum absolute atomic E-state index is 0.215. The molecule has 0 bridgehead atoms. The van der Waals surface area contributed by atoms with E-state index in [0.717, 1.165) is 50.7 Å². The van der Waals surface area contributed by atoms with Crippen LogP contribution in [0, 0.1) is 0 Å². The highest BCUT2D eigenvalue weighted by atomic mass is 32.1. The second kappa shape index (κ2) is 7.64. The third kappa shape index (κ3) is 3.22. The van der Waals surface area contributed by atoms with Crippen molar-refractivity contribution in [3.05, 3.63) is 57.8 Å². The average Bonchev–Trinajstić information content (AvgIpc) is 3.49. The van der Waals surface area contributed by atoms with Gasteiger partial charge in [-0.3, -0.25) is 9.55 Å². The largest absolute Gasteiger partial charge is 0.380 e. The van der Waals surface area contributed by atoms with E-state index in [9.17, 15) is 0 Å². The van der Waals surface area contributed by atoms with Gasteiger partial charge in [0.25, 0.3) is 0 Å². The van der Waals surface area contributed by atoms with Crippen LogP contribution in [-0.2, 0) is 17.7 Å². The molecule has 2 atom stereocenters. The Kier molecular flexibility index (Phi) is 4.86. The fraction of sp³-hybridized carbons (Fsp3) is 0.476. The molecule has 0 amide bonds. The van der Waals surface area contributed by atoms with Gasteiger partial charge in [0, 0.05) is 31.3 Å². The van der Waals surface area contributed by atoms with E-state index < -0.39 is 0 Å². The third-order valence-electron chi connectivity index (χ3n) is 5.92. The van der Waals surface area contributed by atoms with Crippen molar-refractivity contribution in [1.82, 2.24) is 19.7 Å². The van der Waals surface area contributed by atoms with Crippen LogP contribution in [0.15, 0.2) is 35.8 Å². The summed E-state index contributed by atoms with van der Waals surface area (Å²) in [6, 6.07) is 8.54. The molecule has 6 nitrogen and oxygen atoms in total. The third-order valence-corrected chi connectivity index (χ3v) is 6.78. The number of pyridine rings is 1. The topological polar surface area (TPSA) is 56.1 Å². The zero-order valence-corrected chi connectivity index (χ0v) is 16.9. The predicted octanol–water partition coefficient (Wildman–Crippen LogP) is 3.48. The molecule has 0 N–H and O–H groups in total. The second-order valence-corrected chi connectivity index (χ2v) is 8.64. The van der Waals surface area contributed by atoms with Gasteiger partial charge in [-0.15, -0.1) is 21.5 Å². The van der Waals surface area contributed by atoms with Crippen molar-refractivity contribution < 1.29 is 4.74 Å². The predicted molar refractivity (Wildman–Crippen MR) is 110 cm³/mol. The van der Waals surface area contributed by atoms with Gasteiger partial charge in [0.2, 0.25) is 5.95 Å². The molecule has 1 aliphatic heterocycles. The minimum Gasteiger partial charge on any atom is -0.380 e. The summed E-state index contributed by atoms with van der Waals surface area (Å²) in [5.74, 6) is 2.22. The highest BCUT2D eigenvalue weighted by Crippen LogP contribution is 2.36. The summed E-state index contributed by atoms with van der Waals surface area (Å²) in [6.07, 6.45) is 6.56. The summed E-state index contributed by atoms with van der Waals surface area (Å²) in [5.41, 5.74) is 2.53. The molecular weight excluding hydrogens is 370 g/mol. The SMILES string of the molecule is CO[C@H]1CCN(c2nnc(C3CCCc4cccnc43)n2Cc2cccs2)C1. The van der Waals surface area contributed by atoms with Crippen LogP contribution < -0.4 is 4.90 Å².